The molecule has 0 bridgehead atoms. The molecule has 1 saturated heterocycles. The van der Waals surface area contributed by atoms with Crippen molar-refractivity contribution in [1.29, 1.82) is 0 Å². The van der Waals surface area contributed by atoms with Gasteiger partial charge in [0.15, 0.2) is 0 Å². The predicted molar refractivity (Wildman–Crippen MR) is 70.8 cm³/mol. The second kappa shape index (κ2) is 4.82. The van der Waals surface area contributed by atoms with Gasteiger partial charge in [-0.2, -0.15) is 0 Å². The number of halogens is 2. The van der Waals surface area contributed by atoms with Gasteiger partial charge in [-0.3, -0.25) is 0 Å². The lowest BCUT2D eigenvalue weighted by Gasteiger charge is -2.39. The third-order valence-electron chi connectivity index (χ3n) is 3.01. The Hall–Kier alpha value is -0.440. The molecule has 0 unspecified atom stereocenters. The van der Waals surface area contributed by atoms with Gasteiger partial charge < -0.3 is 9.80 Å². The Morgan fingerprint density at radius 1 is 1.12 bits per heavy atom. The molecule has 1 aromatic carbocycles. The molecular weight excluding hydrogens is 243 g/mol. The highest BCUT2D eigenvalue weighted by Crippen LogP contribution is 2.27. The lowest BCUT2D eigenvalue weighted by atomic mass is 10.1. The monoisotopic (exact) mass is 258 g/mol. The summed E-state index contributed by atoms with van der Waals surface area (Å²) in [7, 11) is 2.15. The van der Waals surface area contributed by atoms with Crippen molar-refractivity contribution in [3.05, 3.63) is 28.2 Å². The Labute approximate surface area is 107 Å². The van der Waals surface area contributed by atoms with Crippen molar-refractivity contribution in [3.8, 4) is 0 Å². The molecule has 0 radical (unpaired) electrons. The van der Waals surface area contributed by atoms with Gasteiger partial charge in [-0.1, -0.05) is 23.2 Å². The average Bonchev–Trinajstić information content (AvgIpc) is 2.15. The van der Waals surface area contributed by atoms with Crippen LogP contribution >= 0.6 is 23.2 Å². The van der Waals surface area contributed by atoms with Crippen LogP contribution in [0, 0.1) is 0 Å². The summed E-state index contributed by atoms with van der Waals surface area (Å²) in [6, 6.07) is 6.23. The first kappa shape index (κ1) is 12.0. The molecule has 1 fully saturated rings. The molecule has 1 heterocycles. The summed E-state index contributed by atoms with van der Waals surface area (Å²) < 4.78 is 0. The van der Waals surface area contributed by atoms with Gasteiger partial charge in [0.1, 0.15) is 0 Å². The van der Waals surface area contributed by atoms with Crippen LogP contribution in [0.3, 0.4) is 0 Å². The standard InChI is InChI=1S/C12H16Cl2N2/c1-9-8-15(2)3-4-16(9)12-6-10(13)5-11(14)7-12/h5-7,9H,3-4,8H2,1-2H3/t9-/m0/s1. The Morgan fingerprint density at radius 2 is 1.75 bits per heavy atom. The van der Waals surface area contributed by atoms with E-state index in [2.05, 4.69) is 23.8 Å². The Balaban J connectivity index is 2.23. The molecule has 0 aromatic heterocycles. The quantitative estimate of drug-likeness (QED) is 0.764. The maximum atomic E-state index is 6.02. The summed E-state index contributed by atoms with van der Waals surface area (Å²) in [5.41, 5.74) is 1.12. The van der Waals surface area contributed by atoms with E-state index in [9.17, 15) is 0 Å². The second-order valence-electron chi connectivity index (χ2n) is 4.43. The van der Waals surface area contributed by atoms with E-state index < -0.39 is 0 Å². The number of nitrogens with zero attached hydrogens (tertiary/aromatic N) is 2. The van der Waals surface area contributed by atoms with Gasteiger partial charge in [0.2, 0.25) is 0 Å². The molecule has 2 rings (SSSR count). The molecule has 4 heteroatoms. The zero-order valence-corrected chi connectivity index (χ0v) is 11.1. The summed E-state index contributed by atoms with van der Waals surface area (Å²) in [5.74, 6) is 0. The van der Waals surface area contributed by atoms with Gasteiger partial charge in [0.05, 0.1) is 0 Å². The van der Waals surface area contributed by atoms with Crippen LogP contribution in [0.5, 0.6) is 0 Å². The van der Waals surface area contributed by atoms with Crippen molar-refractivity contribution in [1.82, 2.24) is 4.90 Å². The lowest BCUT2D eigenvalue weighted by molar-refractivity contribution is 0.275. The van der Waals surface area contributed by atoms with Crippen LogP contribution in [0.4, 0.5) is 5.69 Å². The van der Waals surface area contributed by atoms with E-state index in [-0.39, 0.29) is 0 Å². The summed E-state index contributed by atoms with van der Waals surface area (Å²) in [5, 5.41) is 1.40. The number of rotatable bonds is 1. The number of piperazine rings is 1. The van der Waals surface area contributed by atoms with Crippen LogP contribution in [-0.4, -0.2) is 37.6 Å². The smallest absolute Gasteiger partial charge is 0.0441 e. The maximum Gasteiger partial charge on any atom is 0.0441 e. The summed E-state index contributed by atoms with van der Waals surface area (Å²) in [4.78, 5) is 4.70. The fourth-order valence-corrected chi connectivity index (χ4v) is 2.74. The first-order valence-corrected chi connectivity index (χ1v) is 6.23. The highest BCUT2D eigenvalue weighted by Gasteiger charge is 2.21. The van der Waals surface area contributed by atoms with E-state index in [0.29, 0.717) is 16.1 Å². The SMILES string of the molecule is C[C@H]1CN(C)CCN1c1cc(Cl)cc(Cl)c1. The van der Waals surface area contributed by atoms with Gasteiger partial charge in [0, 0.05) is 41.4 Å². The Morgan fingerprint density at radius 3 is 2.31 bits per heavy atom. The third-order valence-corrected chi connectivity index (χ3v) is 3.45. The van der Waals surface area contributed by atoms with E-state index in [1.165, 1.54) is 0 Å². The maximum absolute atomic E-state index is 6.02. The largest absolute Gasteiger partial charge is 0.366 e. The zero-order valence-electron chi connectivity index (χ0n) is 9.58. The minimum Gasteiger partial charge on any atom is -0.366 e. The van der Waals surface area contributed by atoms with Gasteiger partial charge in [-0.25, -0.2) is 0 Å². The van der Waals surface area contributed by atoms with E-state index in [4.69, 9.17) is 23.2 Å². The fraction of sp³-hybridized carbons (Fsp3) is 0.500. The lowest BCUT2D eigenvalue weighted by Crippen LogP contribution is -2.50. The number of hydrogen-bond donors (Lipinski definition) is 0. The van der Waals surface area contributed by atoms with E-state index in [1.807, 2.05) is 12.1 Å². The fourth-order valence-electron chi connectivity index (χ4n) is 2.23. The Kier molecular flexibility index (Phi) is 3.63. The molecule has 1 aliphatic heterocycles. The van der Waals surface area contributed by atoms with Crippen molar-refractivity contribution >= 4 is 28.9 Å². The predicted octanol–water partition coefficient (Wildman–Crippen LogP) is 3.13. The summed E-state index contributed by atoms with van der Waals surface area (Å²) >= 11 is 12.0. The van der Waals surface area contributed by atoms with Gasteiger partial charge in [-0.05, 0) is 32.2 Å². The topological polar surface area (TPSA) is 6.48 Å². The Bertz CT molecular complexity index is 361. The van der Waals surface area contributed by atoms with Crippen LogP contribution < -0.4 is 4.90 Å². The normalized spacial score (nSPS) is 22.5. The van der Waals surface area contributed by atoms with Crippen molar-refractivity contribution in [2.75, 3.05) is 31.6 Å². The third kappa shape index (κ3) is 2.62. The van der Waals surface area contributed by atoms with Gasteiger partial charge in [0.25, 0.3) is 0 Å². The molecule has 1 aromatic rings. The summed E-state index contributed by atoms with van der Waals surface area (Å²) in [6.45, 7) is 5.40. The molecule has 0 amide bonds. The number of benzene rings is 1. The van der Waals surface area contributed by atoms with Crippen LogP contribution in [0.2, 0.25) is 10.0 Å². The molecular formula is C12H16Cl2N2. The van der Waals surface area contributed by atoms with Crippen molar-refractivity contribution < 1.29 is 0 Å². The molecule has 0 spiro atoms. The van der Waals surface area contributed by atoms with Gasteiger partial charge in [-0.15, -0.1) is 0 Å². The van der Waals surface area contributed by atoms with Gasteiger partial charge >= 0.3 is 0 Å². The molecule has 2 nitrogen and oxygen atoms in total. The molecule has 16 heavy (non-hydrogen) atoms. The van der Waals surface area contributed by atoms with Crippen molar-refractivity contribution in [3.63, 3.8) is 0 Å². The number of likely N-dealkylation sites (N-methyl/N-ethyl adjacent to an activating group) is 1. The molecule has 1 atom stereocenters. The highest BCUT2D eigenvalue weighted by atomic mass is 35.5. The molecule has 0 saturated carbocycles. The molecule has 0 N–H and O–H groups in total. The molecule has 88 valence electrons. The van der Waals surface area contributed by atoms with Crippen LogP contribution in [-0.2, 0) is 0 Å². The van der Waals surface area contributed by atoms with E-state index in [1.54, 1.807) is 6.07 Å². The van der Waals surface area contributed by atoms with Crippen LogP contribution in [0.15, 0.2) is 18.2 Å². The number of hydrogen-bond acceptors (Lipinski definition) is 2. The first-order valence-electron chi connectivity index (χ1n) is 5.47. The average molecular weight is 259 g/mol. The minimum atomic E-state index is 0.494. The highest BCUT2D eigenvalue weighted by molar-refractivity contribution is 6.35. The van der Waals surface area contributed by atoms with Crippen molar-refractivity contribution in [2.45, 2.75) is 13.0 Å². The zero-order chi connectivity index (χ0) is 11.7. The minimum absolute atomic E-state index is 0.494. The van der Waals surface area contributed by atoms with Crippen LogP contribution in [0.25, 0.3) is 0 Å². The first-order chi connectivity index (χ1) is 7.56. The van der Waals surface area contributed by atoms with Crippen molar-refractivity contribution in [2.24, 2.45) is 0 Å². The number of anilines is 1. The molecule has 0 aliphatic carbocycles. The van der Waals surface area contributed by atoms with E-state index >= 15 is 0 Å². The van der Waals surface area contributed by atoms with Crippen LogP contribution in [0.1, 0.15) is 6.92 Å². The summed E-state index contributed by atoms with van der Waals surface area (Å²) in [6.07, 6.45) is 0. The van der Waals surface area contributed by atoms with E-state index in [0.717, 1.165) is 25.3 Å². The molecule has 1 aliphatic rings. The second-order valence-corrected chi connectivity index (χ2v) is 5.31.